The van der Waals surface area contributed by atoms with Gasteiger partial charge in [-0.25, -0.2) is 0 Å². The predicted molar refractivity (Wildman–Crippen MR) is 39.4 cm³/mol. The molecule has 0 atom stereocenters. The number of nitrogens with zero attached hydrogens (tertiary/aromatic N) is 2. The molecule has 0 bridgehead atoms. The van der Waals surface area contributed by atoms with Crippen molar-refractivity contribution in [3.63, 3.8) is 0 Å². The normalized spacial score (nSPS) is 28.4. The van der Waals surface area contributed by atoms with E-state index in [2.05, 4.69) is 0 Å². The third-order valence-electron chi connectivity index (χ3n) is 1.97. The Morgan fingerprint density at radius 1 is 0.909 bits per heavy atom. The molecule has 2 heterocycles. The summed E-state index contributed by atoms with van der Waals surface area (Å²) >= 11 is 0. The molecule has 2 rings (SSSR count). The van der Waals surface area contributed by atoms with Crippen LogP contribution < -0.4 is 0 Å². The highest BCUT2D eigenvalue weighted by Crippen LogP contribution is 2.09. The minimum atomic E-state index is 0.806. The average Bonchev–Trinajstić information content (AvgIpc) is 2.60. The van der Waals surface area contributed by atoms with Gasteiger partial charge in [0.1, 0.15) is 0 Å². The number of rotatable bonds is 2. The summed E-state index contributed by atoms with van der Waals surface area (Å²) in [4.78, 5) is 10.7. The Kier molecular flexibility index (Phi) is 2.38. The van der Waals surface area contributed by atoms with Gasteiger partial charge in [-0.1, -0.05) is 0 Å². The summed E-state index contributed by atoms with van der Waals surface area (Å²) in [5, 5.41) is 3.93. The van der Waals surface area contributed by atoms with Gasteiger partial charge in [0.2, 0.25) is 0 Å². The summed E-state index contributed by atoms with van der Waals surface area (Å²) < 4.78 is 0. The van der Waals surface area contributed by atoms with Crippen molar-refractivity contribution in [2.24, 2.45) is 0 Å². The van der Waals surface area contributed by atoms with Crippen LogP contribution in [-0.4, -0.2) is 43.1 Å². The fourth-order valence-electron chi connectivity index (χ4n) is 1.40. The van der Waals surface area contributed by atoms with Crippen molar-refractivity contribution in [3.8, 4) is 0 Å². The van der Waals surface area contributed by atoms with Crippen LogP contribution in [0, 0.1) is 0 Å². The number of hydrogen-bond donors (Lipinski definition) is 0. The predicted octanol–water partition coefficient (Wildman–Crippen LogP) is 0.219. The third-order valence-corrected chi connectivity index (χ3v) is 1.97. The van der Waals surface area contributed by atoms with Crippen LogP contribution in [0.1, 0.15) is 12.8 Å². The average molecular weight is 158 g/mol. The van der Waals surface area contributed by atoms with Gasteiger partial charge in [0.05, 0.1) is 19.9 Å². The first-order valence-electron chi connectivity index (χ1n) is 4.21. The zero-order chi connectivity index (χ0) is 7.52. The van der Waals surface area contributed by atoms with Gasteiger partial charge in [-0.05, 0) is 12.8 Å². The van der Waals surface area contributed by atoms with E-state index in [1.54, 1.807) is 0 Å². The molecule has 0 amide bonds. The molecule has 0 aromatic rings. The van der Waals surface area contributed by atoms with Crippen molar-refractivity contribution in [3.05, 3.63) is 0 Å². The summed E-state index contributed by atoms with van der Waals surface area (Å²) in [5.74, 6) is 0. The minimum Gasteiger partial charge on any atom is -0.298 e. The van der Waals surface area contributed by atoms with E-state index >= 15 is 0 Å². The van der Waals surface area contributed by atoms with E-state index in [0.29, 0.717) is 0 Å². The second kappa shape index (κ2) is 3.49. The monoisotopic (exact) mass is 158 g/mol. The molecule has 4 nitrogen and oxygen atoms in total. The van der Waals surface area contributed by atoms with Gasteiger partial charge in [0, 0.05) is 13.1 Å². The van der Waals surface area contributed by atoms with E-state index in [1.807, 2.05) is 10.1 Å². The van der Waals surface area contributed by atoms with Crippen molar-refractivity contribution in [1.82, 2.24) is 10.1 Å². The lowest BCUT2D eigenvalue weighted by Gasteiger charge is -2.20. The van der Waals surface area contributed by atoms with Crippen molar-refractivity contribution in [2.75, 3.05) is 33.0 Å². The van der Waals surface area contributed by atoms with E-state index in [-0.39, 0.29) is 0 Å². The fraction of sp³-hybridized carbons (Fsp3) is 1.00. The maximum absolute atomic E-state index is 5.33. The summed E-state index contributed by atoms with van der Waals surface area (Å²) in [6.07, 6.45) is 2.29. The Hall–Kier alpha value is -0.160. The summed E-state index contributed by atoms with van der Waals surface area (Å²) in [6.45, 7) is 4.63. The molecule has 11 heavy (non-hydrogen) atoms. The zero-order valence-electron chi connectivity index (χ0n) is 6.66. The molecule has 0 aromatic heterocycles. The molecule has 0 radical (unpaired) electrons. The van der Waals surface area contributed by atoms with Crippen LogP contribution in [0.4, 0.5) is 0 Å². The van der Waals surface area contributed by atoms with Crippen LogP contribution >= 0.6 is 0 Å². The van der Waals surface area contributed by atoms with Gasteiger partial charge in [-0.3, -0.25) is 9.68 Å². The van der Waals surface area contributed by atoms with E-state index in [9.17, 15) is 0 Å². The molecule has 0 aliphatic carbocycles. The second-order valence-electron chi connectivity index (χ2n) is 2.93. The third kappa shape index (κ3) is 1.90. The summed E-state index contributed by atoms with van der Waals surface area (Å²) in [6, 6.07) is 0. The van der Waals surface area contributed by atoms with Gasteiger partial charge >= 0.3 is 0 Å². The van der Waals surface area contributed by atoms with Crippen LogP contribution in [-0.2, 0) is 9.68 Å². The summed E-state index contributed by atoms with van der Waals surface area (Å²) in [7, 11) is 0. The van der Waals surface area contributed by atoms with Crippen LogP contribution in [0.25, 0.3) is 0 Å². The molecule has 0 unspecified atom stereocenters. The van der Waals surface area contributed by atoms with Crippen molar-refractivity contribution in [2.45, 2.75) is 12.8 Å². The Labute approximate surface area is 66.6 Å². The topological polar surface area (TPSA) is 24.9 Å². The Morgan fingerprint density at radius 2 is 1.45 bits per heavy atom. The molecule has 0 aromatic carbocycles. The first kappa shape index (κ1) is 7.49. The van der Waals surface area contributed by atoms with Crippen molar-refractivity contribution < 1.29 is 9.68 Å². The molecule has 2 fully saturated rings. The molecule has 0 spiro atoms. The molecule has 0 saturated carbocycles. The lowest BCUT2D eigenvalue weighted by atomic mass is 10.5. The Balaban J connectivity index is 1.71. The molecule has 4 heteroatoms. The van der Waals surface area contributed by atoms with Crippen LogP contribution in [0.2, 0.25) is 0 Å². The fourth-order valence-corrected chi connectivity index (χ4v) is 1.40. The minimum absolute atomic E-state index is 0.806. The largest absolute Gasteiger partial charge is 0.298 e. The Morgan fingerprint density at radius 3 is 1.82 bits per heavy atom. The Bertz CT molecular complexity index is 106. The first-order valence-corrected chi connectivity index (χ1v) is 4.21. The van der Waals surface area contributed by atoms with Crippen LogP contribution in [0.5, 0.6) is 0 Å². The van der Waals surface area contributed by atoms with E-state index in [1.165, 1.54) is 0 Å². The van der Waals surface area contributed by atoms with E-state index in [0.717, 1.165) is 45.8 Å². The van der Waals surface area contributed by atoms with Crippen LogP contribution in [0.3, 0.4) is 0 Å². The van der Waals surface area contributed by atoms with Gasteiger partial charge in [-0.15, -0.1) is 0 Å². The molecule has 2 saturated heterocycles. The van der Waals surface area contributed by atoms with Crippen LogP contribution in [0.15, 0.2) is 0 Å². The summed E-state index contributed by atoms with van der Waals surface area (Å²) in [5.41, 5.74) is 0. The number of hydrogen-bond acceptors (Lipinski definition) is 4. The van der Waals surface area contributed by atoms with E-state index in [4.69, 9.17) is 9.68 Å². The SMILES string of the molecule is C1CON(CN2CCCO2)C1. The van der Waals surface area contributed by atoms with Gasteiger partial charge in [0.25, 0.3) is 0 Å². The maximum atomic E-state index is 5.33. The molecule has 2 aliphatic rings. The number of hydroxylamine groups is 4. The molecule has 0 N–H and O–H groups in total. The van der Waals surface area contributed by atoms with Crippen molar-refractivity contribution in [1.29, 1.82) is 0 Å². The smallest absolute Gasteiger partial charge is 0.0999 e. The van der Waals surface area contributed by atoms with Gasteiger partial charge in [0.15, 0.2) is 0 Å². The lowest BCUT2D eigenvalue weighted by molar-refractivity contribution is -0.212. The first-order chi connectivity index (χ1) is 5.45. The second-order valence-corrected chi connectivity index (χ2v) is 2.93. The zero-order valence-corrected chi connectivity index (χ0v) is 6.66. The molecule has 2 aliphatic heterocycles. The van der Waals surface area contributed by atoms with E-state index < -0.39 is 0 Å². The highest BCUT2D eigenvalue weighted by Gasteiger charge is 2.19. The highest BCUT2D eigenvalue weighted by atomic mass is 16.7. The highest BCUT2D eigenvalue weighted by molar-refractivity contribution is 4.55. The quantitative estimate of drug-likeness (QED) is 0.574. The maximum Gasteiger partial charge on any atom is 0.0999 e. The van der Waals surface area contributed by atoms with Crippen molar-refractivity contribution >= 4 is 0 Å². The molecular weight excluding hydrogens is 144 g/mol. The standard InChI is InChI=1S/C7H14N2O2/c1-3-8(10-5-1)7-9-4-2-6-11-9/h1-7H2. The lowest BCUT2D eigenvalue weighted by Crippen LogP contribution is -2.32. The van der Waals surface area contributed by atoms with Gasteiger partial charge in [-0.2, -0.15) is 10.1 Å². The molecule has 64 valence electrons. The molecular formula is C7H14N2O2. The van der Waals surface area contributed by atoms with Gasteiger partial charge < -0.3 is 0 Å².